The number of amides is 1. The first-order chi connectivity index (χ1) is 13.6. The van der Waals surface area contributed by atoms with Crippen LogP contribution in [-0.2, 0) is 4.79 Å². The van der Waals surface area contributed by atoms with Crippen LogP contribution in [0.1, 0.15) is 11.3 Å². The highest BCUT2D eigenvalue weighted by molar-refractivity contribution is 6.32. The average molecular weight is 399 g/mol. The van der Waals surface area contributed by atoms with Crippen molar-refractivity contribution in [3.8, 4) is 17.2 Å². The van der Waals surface area contributed by atoms with Crippen LogP contribution < -0.4 is 14.9 Å². The maximum Gasteiger partial charge on any atom is 0.277 e. The van der Waals surface area contributed by atoms with Gasteiger partial charge in [0.1, 0.15) is 16.7 Å². The average Bonchev–Trinajstić information content (AvgIpc) is 3.01. The Bertz CT molecular complexity index is 969. The van der Waals surface area contributed by atoms with Gasteiger partial charge in [-0.15, -0.1) is 0 Å². The largest absolute Gasteiger partial charge is 0.497 e. The molecule has 144 valence electrons. The van der Waals surface area contributed by atoms with Gasteiger partial charge in [0.15, 0.2) is 6.61 Å². The lowest BCUT2D eigenvalue weighted by atomic mass is 10.3. The molecule has 1 aromatic heterocycles. The monoisotopic (exact) mass is 398 g/mol. The van der Waals surface area contributed by atoms with Gasteiger partial charge in [-0.25, -0.2) is 10.1 Å². The Balaban J connectivity index is 1.58. The Morgan fingerprint density at radius 2 is 1.86 bits per heavy atom. The highest BCUT2D eigenvalue weighted by Gasteiger charge is 2.13. The molecule has 0 aliphatic rings. The summed E-state index contributed by atoms with van der Waals surface area (Å²) in [5, 5.41) is 8.77. The molecular formula is C20H19ClN4O3. The van der Waals surface area contributed by atoms with Gasteiger partial charge >= 0.3 is 0 Å². The Hall–Kier alpha value is -3.32. The Kier molecular flexibility index (Phi) is 6.29. The summed E-state index contributed by atoms with van der Waals surface area (Å²) in [4.78, 5) is 11.9. The number of para-hydroxylation sites is 1. The fourth-order valence-electron chi connectivity index (χ4n) is 2.42. The van der Waals surface area contributed by atoms with Gasteiger partial charge in [0.2, 0.25) is 0 Å². The number of rotatable bonds is 7. The van der Waals surface area contributed by atoms with Crippen LogP contribution in [0.5, 0.6) is 11.5 Å². The number of halogens is 1. The molecule has 7 nitrogen and oxygen atoms in total. The Labute approximate surface area is 167 Å². The number of nitrogens with one attached hydrogen (secondary N) is 1. The molecule has 2 aromatic carbocycles. The fourth-order valence-corrected chi connectivity index (χ4v) is 2.74. The van der Waals surface area contributed by atoms with Crippen LogP contribution in [0.4, 0.5) is 0 Å². The van der Waals surface area contributed by atoms with Crippen LogP contribution in [0.15, 0.2) is 59.7 Å². The van der Waals surface area contributed by atoms with Crippen LogP contribution in [0.3, 0.4) is 0 Å². The molecule has 0 fully saturated rings. The van der Waals surface area contributed by atoms with Crippen molar-refractivity contribution < 1.29 is 14.3 Å². The minimum Gasteiger partial charge on any atom is -0.497 e. The van der Waals surface area contributed by atoms with Crippen molar-refractivity contribution in [3.05, 3.63) is 71.0 Å². The first-order valence-electron chi connectivity index (χ1n) is 8.48. The van der Waals surface area contributed by atoms with E-state index in [0.29, 0.717) is 27.9 Å². The van der Waals surface area contributed by atoms with Gasteiger partial charge < -0.3 is 9.47 Å². The highest BCUT2D eigenvalue weighted by atomic mass is 35.5. The van der Waals surface area contributed by atoms with Crippen molar-refractivity contribution in [2.75, 3.05) is 13.7 Å². The predicted octanol–water partition coefficient (Wildman–Crippen LogP) is 3.37. The number of carbonyl (C=O) groups is 1. The van der Waals surface area contributed by atoms with E-state index in [1.165, 1.54) is 6.21 Å². The number of benzene rings is 2. The third kappa shape index (κ3) is 4.69. The van der Waals surface area contributed by atoms with Crippen molar-refractivity contribution in [3.63, 3.8) is 0 Å². The number of nitrogens with zero attached hydrogens (tertiary/aromatic N) is 3. The second kappa shape index (κ2) is 9.05. The lowest BCUT2D eigenvalue weighted by Gasteiger charge is -2.05. The van der Waals surface area contributed by atoms with E-state index in [-0.39, 0.29) is 6.61 Å². The summed E-state index contributed by atoms with van der Waals surface area (Å²) in [6.07, 6.45) is 1.47. The summed E-state index contributed by atoms with van der Waals surface area (Å²) in [7, 11) is 1.58. The van der Waals surface area contributed by atoms with E-state index in [1.807, 2.05) is 37.3 Å². The van der Waals surface area contributed by atoms with Crippen molar-refractivity contribution in [2.45, 2.75) is 6.92 Å². The smallest absolute Gasteiger partial charge is 0.277 e. The second-order valence-corrected chi connectivity index (χ2v) is 6.15. The third-order valence-electron chi connectivity index (χ3n) is 3.86. The number of hydrazone groups is 1. The minimum atomic E-state index is -0.392. The van der Waals surface area contributed by atoms with E-state index in [0.717, 1.165) is 5.69 Å². The van der Waals surface area contributed by atoms with E-state index in [4.69, 9.17) is 21.1 Å². The zero-order chi connectivity index (χ0) is 19.9. The molecule has 1 N–H and O–H groups in total. The zero-order valence-corrected chi connectivity index (χ0v) is 16.2. The quantitative estimate of drug-likeness (QED) is 0.489. The molecule has 0 radical (unpaired) electrons. The lowest BCUT2D eigenvalue weighted by molar-refractivity contribution is -0.123. The summed E-state index contributed by atoms with van der Waals surface area (Å²) in [5.41, 5.74) is 4.57. The first-order valence-corrected chi connectivity index (χ1v) is 8.85. The van der Waals surface area contributed by atoms with E-state index in [1.54, 1.807) is 36.1 Å². The normalized spacial score (nSPS) is 10.8. The highest BCUT2D eigenvalue weighted by Crippen LogP contribution is 2.21. The van der Waals surface area contributed by atoms with Crippen LogP contribution in [-0.4, -0.2) is 35.6 Å². The summed E-state index contributed by atoms with van der Waals surface area (Å²) < 4.78 is 12.1. The number of hydrogen-bond acceptors (Lipinski definition) is 5. The maximum atomic E-state index is 11.9. The molecule has 0 spiro atoms. The van der Waals surface area contributed by atoms with Gasteiger partial charge in [0.25, 0.3) is 5.91 Å². The van der Waals surface area contributed by atoms with E-state index >= 15 is 0 Å². The number of hydrogen-bond donors (Lipinski definition) is 1. The van der Waals surface area contributed by atoms with Crippen molar-refractivity contribution in [2.24, 2.45) is 5.10 Å². The first kappa shape index (κ1) is 19.4. The number of aryl methyl sites for hydroxylation is 1. The number of methoxy groups -OCH3 is 1. The van der Waals surface area contributed by atoms with Crippen LogP contribution in [0.2, 0.25) is 5.15 Å². The maximum absolute atomic E-state index is 11.9. The number of ether oxygens (including phenoxy) is 2. The Morgan fingerprint density at radius 1 is 1.18 bits per heavy atom. The van der Waals surface area contributed by atoms with Gasteiger partial charge in [0.05, 0.1) is 30.3 Å². The molecule has 0 saturated carbocycles. The van der Waals surface area contributed by atoms with E-state index < -0.39 is 5.91 Å². The molecule has 3 aromatic rings. The van der Waals surface area contributed by atoms with Crippen LogP contribution in [0, 0.1) is 6.92 Å². The lowest BCUT2D eigenvalue weighted by Crippen LogP contribution is -2.24. The summed E-state index contributed by atoms with van der Waals surface area (Å²) in [5.74, 6) is 0.879. The van der Waals surface area contributed by atoms with Gasteiger partial charge in [-0.2, -0.15) is 10.2 Å². The summed E-state index contributed by atoms with van der Waals surface area (Å²) in [6, 6.07) is 16.5. The molecule has 8 heteroatoms. The van der Waals surface area contributed by atoms with E-state index in [9.17, 15) is 4.79 Å². The van der Waals surface area contributed by atoms with Crippen molar-refractivity contribution in [1.29, 1.82) is 0 Å². The molecule has 1 heterocycles. The SMILES string of the molecule is COc1ccc(OCC(=O)N/N=C\c2c(C)nn(-c3ccccc3)c2Cl)cc1. The van der Waals surface area contributed by atoms with Crippen molar-refractivity contribution >= 4 is 23.7 Å². The predicted molar refractivity (Wildman–Crippen MR) is 108 cm³/mol. The third-order valence-corrected chi connectivity index (χ3v) is 4.22. The molecule has 0 saturated heterocycles. The minimum absolute atomic E-state index is 0.167. The molecule has 0 aliphatic heterocycles. The van der Waals surface area contributed by atoms with Crippen molar-refractivity contribution in [1.82, 2.24) is 15.2 Å². The number of carbonyl (C=O) groups excluding carboxylic acids is 1. The van der Waals surface area contributed by atoms with Gasteiger partial charge in [-0.05, 0) is 43.3 Å². The molecule has 0 unspecified atom stereocenters. The molecule has 28 heavy (non-hydrogen) atoms. The molecule has 1 amide bonds. The number of aromatic nitrogens is 2. The van der Waals surface area contributed by atoms with Crippen LogP contribution >= 0.6 is 11.6 Å². The molecular weight excluding hydrogens is 380 g/mol. The van der Waals surface area contributed by atoms with Crippen LogP contribution in [0.25, 0.3) is 5.69 Å². The molecule has 3 rings (SSSR count). The van der Waals surface area contributed by atoms with Gasteiger partial charge in [0, 0.05) is 0 Å². The Morgan fingerprint density at radius 3 is 2.54 bits per heavy atom. The standard InChI is InChI=1S/C20H19ClN4O3/c1-14-18(20(21)25(24-14)15-6-4-3-5-7-15)12-22-23-19(26)13-28-17-10-8-16(27-2)9-11-17/h3-12H,13H2,1-2H3,(H,23,26)/b22-12-. The topological polar surface area (TPSA) is 77.7 Å². The molecule has 0 aliphatic carbocycles. The summed E-state index contributed by atoms with van der Waals surface area (Å²) in [6.45, 7) is 1.65. The van der Waals surface area contributed by atoms with E-state index in [2.05, 4.69) is 15.6 Å². The molecule has 0 bridgehead atoms. The van der Waals surface area contributed by atoms with Gasteiger partial charge in [-0.3, -0.25) is 4.79 Å². The van der Waals surface area contributed by atoms with Gasteiger partial charge in [-0.1, -0.05) is 29.8 Å². The summed E-state index contributed by atoms with van der Waals surface area (Å²) >= 11 is 6.41. The zero-order valence-electron chi connectivity index (χ0n) is 15.4. The second-order valence-electron chi connectivity index (χ2n) is 5.79. The molecule has 0 atom stereocenters. The fraction of sp³-hybridized carbons (Fsp3) is 0.150.